The maximum atomic E-state index is 10.8. The van der Waals surface area contributed by atoms with Gasteiger partial charge in [0.2, 0.25) is 6.41 Å². The molecule has 1 aromatic carbocycles. The summed E-state index contributed by atoms with van der Waals surface area (Å²) >= 11 is 0. The number of fused-ring (bicyclic) bond motifs is 2. The van der Waals surface area contributed by atoms with Crippen LogP contribution in [-0.2, 0) is 17.9 Å². The van der Waals surface area contributed by atoms with Crippen LogP contribution in [0.1, 0.15) is 5.82 Å². The van der Waals surface area contributed by atoms with Crippen molar-refractivity contribution in [2.45, 2.75) is 13.1 Å². The Hall–Kier alpha value is -2.76. The van der Waals surface area contributed by atoms with Gasteiger partial charge < -0.3 is 9.47 Å². The molecule has 0 fully saturated rings. The van der Waals surface area contributed by atoms with Crippen molar-refractivity contribution < 1.29 is 4.79 Å². The fourth-order valence-electron chi connectivity index (χ4n) is 2.65. The van der Waals surface area contributed by atoms with Gasteiger partial charge in [-0.05, 0) is 12.1 Å². The Kier molecular flexibility index (Phi) is 2.67. The van der Waals surface area contributed by atoms with Crippen LogP contribution in [0.4, 0.5) is 0 Å². The molecule has 1 amide bonds. The number of pyridine rings is 1. The molecule has 6 heteroatoms. The van der Waals surface area contributed by atoms with Crippen molar-refractivity contribution in [3.63, 3.8) is 0 Å². The van der Waals surface area contributed by atoms with Crippen LogP contribution in [-0.4, -0.2) is 37.6 Å². The summed E-state index contributed by atoms with van der Waals surface area (Å²) in [6.07, 6.45) is 0.853. The first-order valence-electron chi connectivity index (χ1n) is 6.83. The van der Waals surface area contributed by atoms with E-state index in [1.807, 2.05) is 41.0 Å². The number of hydrogen-bond donors (Lipinski definition) is 0. The molecule has 0 N–H and O–H groups in total. The Labute approximate surface area is 121 Å². The lowest BCUT2D eigenvalue weighted by molar-refractivity contribution is -0.119. The highest BCUT2D eigenvalue weighted by Gasteiger charge is 2.21. The Balaban J connectivity index is 1.79. The molecule has 1 aliphatic rings. The molecule has 21 heavy (non-hydrogen) atoms. The van der Waals surface area contributed by atoms with Crippen molar-refractivity contribution in [1.82, 2.24) is 24.6 Å². The van der Waals surface area contributed by atoms with E-state index in [-0.39, 0.29) is 0 Å². The van der Waals surface area contributed by atoms with Crippen LogP contribution in [0.25, 0.3) is 22.4 Å². The fraction of sp³-hybridized carbons (Fsp3) is 0.200. The van der Waals surface area contributed by atoms with E-state index < -0.39 is 0 Å². The molecule has 0 radical (unpaired) electrons. The lowest BCUT2D eigenvalue weighted by Gasteiger charge is -2.23. The highest BCUT2D eigenvalue weighted by molar-refractivity contribution is 5.80. The van der Waals surface area contributed by atoms with Crippen LogP contribution in [0.5, 0.6) is 0 Å². The zero-order chi connectivity index (χ0) is 14.2. The second kappa shape index (κ2) is 4.66. The zero-order valence-electron chi connectivity index (χ0n) is 11.3. The third kappa shape index (κ3) is 1.96. The van der Waals surface area contributed by atoms with E-state index in [0.29, 0.717) is 19.6 Å². The SMILES string of the molecule is O=CN1CCn2c(nnc2-c2ccc3ccccc3n2)C1. The summed E-state index contributed by atoms with van der Waals surface area (Å²) in [5.41, 5.74) is 1.75. The van der Waals surface area contributed by atoms with Crippen LogP contribution < -0.4 is 0 Å². The predicted octanol–water partition coefficient (Wildman–Crippen LogP) is 1.47. The molecule has 1 aliphatic heterocycles. The first-order valence-corrected chi connectivity index (χ1v) is 6.83. The van der Waals surface area contributed by atoms with Crippen LogP contribution in [0.3, 0.4) is 0 Å². The van der Waals surface area contributed by atoms with E-state index in [1.54, 1.807) is 4.90 Å². The van der Waals surface area contributed by atoms with Crippen LogP contribution in [0, 0.1) is 0 Å². The van der Waals surface area contributed by atoms with Crippen molar-refractivity contribution in [1.29, 1.82) is 0 Å². The smallest absolute Gasteiger partial charge is 0.210 e. The van der Waals surface area contributed by atoms with E-state index in [9.17, 15) is 4.79 Å². The van der Waals surface area contributed by atoms with E-state index in [1.165, 1.54) is 0 Å². The number of para-hydroxylation sites is 1. The lowest BCUT2D eigenvalue weighted by atomic mass is 10.2. The van der Waals surface area contributed by atoms with Gasteiger partial charge in [0, 0.05) is 18.5 Å². The normalized spacial score (nSPS) is 14.2. The minimum Gasteiger partial charge on any atom is -0.336 e. The summed E-state index contributed by atoms with van der Waals surface area (Å²) in [5, 5.41) is 9.54. The minimum absolute atomic E-state index is 0.504. The van der Waals surface area contributed by atoms with Gasteiger partial charge in [0.1, 0.15) is 5.69 Å². The van der Waals surface area contributed by atoms with Gasteiger partial charge in [-0.25, -0.2) is 4.98 Å². The van der Waals surface area contributed by atoms with E-state index in [4.69, 9.17) is 0 Å². The van der Waals surface area contributed by atoms with Gasteiger partial charge in [-0.3, -0.25) is 4.79 Å². The molecule has 6 nitrogen and oxygen atoms in total. The van der Waals surface area contributed by atoms with Gasteiger partial charge in [0.25, 0.3) is 0 Å². The number of aromatic nitrogens is 4. The van der Waals surface area contributed by atoms with Gasteiger partial charge in [0.15, 0.2) is 11.6 Å². The summed E-state index contributed by atoms with van der Waals surface area (Å²) in [4.78, 5) is 17.2. The van der Waals surface area contributed by atoms with Crippen molar-refractivity contribution in [2.75, 3.05) is 6.54 Å². The molecule has 3 heterocycles. The van der Waals surface area contributed by atoms with Crippen molar-refractivity contribution in [2.24, 2.45) is 0 Å². The summed E-state index contributed by atoms with van der Waals surface area (Å²) < 4.78 is 2.04. The van der Waals surface area contributed by atoms with E-state index >= 15 is 0 Å². The monoisotopic (exact) mass is 279 g/mol. The number of nitrogens with zero attached hydrogens (tertiary/aromatic N) is 5. The standard InChI is InChI=1S/C15H13N5O/c21-10-19-7-8-20-14(9-19)17-18-15(20)13-6-5-11-3-1-2-4-12(11)16-13/h1-6,10H,7-9H2. The first kappa shape index (κ1) is 12.0. The Morgan fingerprint density at radius 2 is 1.95 bits per heavy atom. The fourth-order valence-corrected chi connectivity index (χ4v) is 2.65. The quantitative estimate of drug-likeness (QED) is 0.666. The minimum atomic E-state index is 0.504. The Morgan fingerprint density at radius 3 is 2.86 bits per heavy atom. The summed E-state index contributed by atoms with van der Waals surface area (Å²) in [5.74, 6) is 1.57. The molecule has 2 aromatic heterocycles. The first-order chi connectivity index (χ1) is 10.3. The van der Waals surface area contributed by atoms with Gasteiger partial charge in [-0.2, -0.15) is 0 Å². The predicted molar refractivity (Wildman–Crippen MR) is 77.2 cm³/mol. The molecule has 0 atom stereocenters. The third-order valence-electron chi connectivity index (χ3n) is 3.76. The average molecular weight is 279 g/mol. The molecule has 0 spiro atoms. The van der Waals surface area contributed by atoms with E-state index in [2.05, 4.69) is 15.2 Å². The average Bonchev–Trinajstić information content (AvgIpc) is 2.97. The largest absolute Gasteiger partial charge is 0.336 e. The second-order valence-electron chi connectivity index (χ2n) is 5.06. The number of carbonyl (C=O) groups is 1. The molecule has 0 aliphatic carbocycles. The number of rotatable bonds is 2. The summed E-state index contributed by atoms with van der Waals surface area (Å²) in [6.45, 7) is 1.88. The maximum absolute atomic E-state index is 10.8. The highest BCUT2D eigenvalue weighted by Crippen LogP contribution is 2.22. The van der Waals surface area contributed by atoms with Crippen molar-refractivity contribution in [3.8, 4) is 11.5 Å². The topological polar surface area (TPSA) is 63.9 Å². The molecule has 104 valence electrons. The van der Waals surface area contributed by atoms with Crippen LogP contribution in [0.15, 0.2) is 36.4 Å². The molecule has 4 rings (SSSR count). The van der Waals surface area contributed by atoms with Gasteiger partial charge in [-0.1, -0.05) is 24.3 Å². The molecular weight excluding hydrogens is 266 g/mol. The van der Waals surface area contributed by atoms with Crippen molar-refractivity contribution >= 4 is 17.3 Å². The summed E-state index contributed by atoms with van der Waals surface area (Å²) in [7, 11) is 0. The van der Waals surface area contributed by atoms with Crippen molar-refractivity contribution in [3.05, 3.63) is 42.2 Å². The molecule has 0 saturated heterocycles. The number of amides is 1. The number of benzene rings is 1. The number of carbonyl (C=O) groups excluding carboxylic acids is 1. The maximum Gasteiger partial charge on any atom is 0.210 e. The molecule has 0 saturated carbocycles. The zero-order valence-corrected chi connectivity index (χ0v) is 11.3. The van der Waals surface area contributed by atoms with E-state index in [0.717, 1.165) is 34.7 Å². The Morgan fingerprint density at radius 1 is 1.05 bits per heavy atom. The lowest BCUT2D eigenvalue weighted by Crippen LogP contribution is -2.32. The van der Waals surface area contributed by atoms with Crippen LogP contribution >= 0.6 is 0 Å². The molecule has 3 aromatic rings. The number of hydrogen-bond acceptors (Lipinski definition) is 4. The second-order valence-corrected chi connectivity index (χ2v) is 5.06. The summed E-state index contributed by atoms with van der Waals surface area (Å²) in [6, 6.07) is 12.0. The molecular formula is C15H13N5O. The molecule has 0 unspecified atom stereocenters. The van der Waals surface area contributed by atoms with Gasteiger partial charge >= 0.3 is 0 Å². The van der Waals surface area contributed by atoms with Crippen LogP contribution in [0.2, 0.25) is 0 Å². The van der Waals surface area contributed by atoms with Gasteiger partial charge in [-0.15, -0.1) is 10.2 Å². The molecule has 0 bridgehead atoms. The third-order valence-corrected chi connectivity index (χ3v) is 3.76. The highest BCUT2D eigenvalue weighted by atomic mass is 16.1. The van der Waals surface area contributed by atoms with Gasteiger partial charge in [0.05, 0.1) is 12.1 Å². The Bertz CT molecular complexity index is 826.